The highest BCUT2D eigenvalue weighted by atomic mass is 35.5. The van der Waals surface area contributed by atoms with Gasteiger partial charge in [0.15, 0.2) is 5.78 Å². The van der Waals surface area contributed by atoms with Crippen LogP contribution in [-0.4, -0.2) is 30.9 Å². The number of ether oxygens (including phenoxy) is 2. The van der Waals surface area contributed by atoms with Crippen LogP contribution in [0.3, 0.4) is 0 Å². The first-order chi connectivity index (χ1) is 18.3. The number of ketones is 1. The Morgan fingerprint density at radius 3 is 2.37 bits per heavy atom. The number of allylic oxidation sites excluding steroid dienone is 2. The molecule has 38 heavy (non-hydrogen) atoms. The number of benzene rings is 3. The molecule has 3 aromatic carbocycles. The van der Waals surface area contributed by atoms with Crippen LogP contribution in [0.25, 0.3) is 5.76 Å². The normalized spacial score (nSPS) is 18.8. The monoisotopic (exact) mass is 528 g/mol. The van der Waals surface area contributed by atoms with E-state index in [1.165, 1.54) is 0 Å². The third kappa shape index (κ3) is 4.45. The Balaban J connectivity index is 1.86. The molecule has 3 aromatic rings. The Kier molecular flexibility index (Phi) is 7.00. The zero-order valence-electron chi connectivity index (χ0n) is 21.5. The quantitative estimate of drug-likeness (QED) is 0.341. The number of nitrogens with one attached hydrogen (secondary N) is 1. The molecule has 0 spiro atoms. The molecule has 6 nitrogen and oxygen atoms in total. The van der Waals surface area contributed by atoms with E-state index in [9.17, 15) is 15.3 Å². The molecule has 194 valence electrons. The molecule has 2 aliphatic rings. The van der Waals surface area contributed by atoms with Crippen LogP contribution < -0.4 is 14.4 Å². The lowest BCUT2D eigenvalue weighted by atomic mass is 9.73. The molecule has 2 N–H and O–H groups in total. The summed E-state index contributed by atoms with van der Waals surface area (Å²) in [6.07, 6.45) is 1.69. The van der Waals surface area contributed by atoms with Gasteiger partial charge in [-0.1, -0.05) is 41.4 Å². The standard InChI is InChI=1S/C31H29ClN2O4/c1-18-7-9-19(10-8-18)30(36)29-27(23-17-22(37-2)15-16-26(23)38-3)28-24(5-4-6-25(28)35)34(31(29)33)21-13-11-20(32)12-14-21/h7-17,27,33,36H,4-6H2,1-3H3/b30-29+,33-31?/t27-/m1/s1. The summed E-state index contributed by atoms with van der Waals surface area (Å²) >= 11 is 6.17. The molecule has 1 aliphatic carbocycles. The van der Waals surface area contributed by atoms with Gasteiger partial charge in [-0.25, -0.2) is 0 Å². The van der Waals surface area contributed by atoms with Crippen LogP contribution in [0.5, 0.6) is 11.5 Å². The molecular weight excluding hydrogens is 500 g/mol. The first-order valence-electron chi connectivity index (χ1n) is 12.5. The van der Waals surface area contributed by atoms with Crippen LogP contribution in [0.15, 0.2) is 83.6 Å². The summed E-state index contributed by atoms with van der Waals surface area (Å²) in [7, 11) is 3.15. The van der Waals surface area contributed by atoms with Gasteiger partial charge >= 0.3 is 0 Å². The van der Waals surface area contributed by atoms with Crippen LogP contribution in [0.1, 0.15) is 41.9 Å². The van der Waals surface area contributed by atoms with Crippen molar-refractivity contribution in [3.8, 4) is 11.5 Å². The molecule has 0 saturated heterocycles. The number of nitrogens with zero attached hydrogens (tertiary/aromatic N) is 1. The van der Waals surface area contributed by atoms with Crippen molar-refractivity contribution < 1.29 is 19.4 Å². The van der Waals surface area contributed by atoms with Gasteiger partial charge in [0.1, 0.15) is 23.1 Å². The number of carbonyl (C=O) groups is 1. The molecule has 1 atom stereocenters. The number of carbonyl (C=O) groups excluding carboxylic acids is 1. The zero-order valence-corrected chi connectivity index (χ0v) is 22.3. The van der Waals surface area contributed by atoms with Crippen molar-refractivity contribution >= 4 is 34.7 Å². The van der Waals surface area contributed by atoms with Crippen molar-refractivity contribution in [3.05, 3.63) is 105 Å². The number of aliphatic hydroxyl groups is 1. The summed E-state index contributed by atoms with van der Waals surface area (Å²) in [4.78, 5) is 15.5. The van der Waals surface area contributed by atoms with E-state index in [2.05, 4.69) is 0 Å². The summed E-state index contributed by atoms with van der Waals surface area (Å²) in [5.41, 5.74) is 4.60. The van der Waals surface area contributed by atoms with Gasteiger partial charge in [-0.3, -0.25) is 15.1 Å². The van der Waals surface area contributed by atoms with E-state index in [4.69, 9.17) is 21.1 Å². The number of aryl methyl sites for hydroxylation is 1. The lowest BCUT2D eigenvalue weighted by Crippen LogP contribution is -2.42. The van der Waals surface area contributed by atoms with Crippen molar-refractivity contribution in [1.82, 2.24) is 0 Å². The van der Waals surface area contributed by atoms with Crippen LogP contribution >= 0.6 is 11.6 Å². The van der Waals surface area contributed by atoms with Gasteiger partial charge in [0.2, 0.25) is 0 Å². The molecule has 1 aliphatic heterocycles. The SMILES string of the molecule is COc1ccc(OC)c([C@@H]2C3=C(CCCC3=O)N(c3ccc(Cl)cc3)C(=N)/C2=C(/O)c2ccc(C)cc2)c1. The fourth-order valence-electron chi connectivity index (χ4n) is 5.31. The number of hydrogen-bond donors (Lipinski definition) is 2. The predicted octanol–water partition coefficient (Wildman–Crippen LogP) is 7.22. The Morgan fingerprint density at radius 2 is 1.71 bits per heavy atom. The Morgan fingerprint density at radius 1 is 1.00 bits per heavy atom. The first kappa shape index (κ1) is 25.6. The molecule has 0 amide bonds. The minimum Gasteiger partial charge on any atom is -0.507 e. The number of aliphatic hydroxyl groups excluding tert-OH is 1. The second-order valence-electron chi connectivity index (χ2n) is 9.47. The van der Waals surface area contributed by atoms with E-state index in [0.717, 1.165) is 11.3 Å². The highest BCUT2D eigenvalue weighted by Crippen LogP contribution is 2.50. The third-order valence-corrected chi connectivity index (χ3v) is 7.42. The van der Waals surface area contributed by atoms with Gasteiger partial charge in [-0.05, 0) is 62.2 Å². The third-order valence-electron chi connectivity index (χ3n) is 7.17. The average Bonchev–Trinajstić information content (AvgIpc) is 2.93. The van der Waals surface area contributed by atoms with Crippen molar-refractivity contribution in [2.45, 2.75) is 32.1 Å². The van der Waals surface area contributed by atoms with Gasteiger partial charge in [0, 0.05) is 45.1 Å². The van der Waals surface area contributed by atoms with Crippen molar-refractivity contribution in [3.63, 3.8) is 0 Å². The fourth-order valence-corrected chi connectivity index (χ4v) is 5.44. The molecule has 0 aromatic heterocycles. The number of halogens is 1. The van der Waals surface area contributed by atoms with E-state index < -0.39 is 5.92 Å². The number of methoxy groups -OCH3 is 2. The second-order valence-corrected chi connectivity index (χ2v) is 9.90. The summed E-state index contributed by atoms with van der Waals surface area (Å²) in [6, 6.07) is 20.0. The Hall–Kier alpha value is -4.03. The maximum absolute atomic E-state index is 13.7. The van der Waals surface area contributed by atoms with E-state index in [0.29, 0.717) is 63.7 Å². The maximum Gasteiger partial charge on any atom is 0.161 e. The first-order valence-corrected chi connectivity index (χ1v) is 12.8. The summed E-state index contributed by atoms with van der Waals surface area (Å²) in [5.74, 6) is 0.430. The van der Waals surface area contributed by atoms with Crippen molar-refractivity contribution in [1.29, 1.82) is 5.41 Å². The van der Waals surface area contributed by atoms with Gasteiger partial charge < -0.3 is 14.6 Å². The maximum atomic E-state index is 13.7. The lowest BCUT2D eigenvalue weighted by Gasteiger charge is -2.42. The lowest BCUT2D eigenvalue weighted by molar-refractivity contribution is -0.116. The number of amidine groups is 1. The number of anilines is 1. The Labute approximate surface area is 227 Å². The topological polar surface area (TPSA) is 82.9 Å². The van der Waals surface area contributed by atoms with Gasteiger partial charge in [-0.15, -0.1) is 0 Å². The van der Waals surface area contributed by atoms with E-state index in [1.54, 1.807) is 43.4 Å². The number of rotatable bonds is 5. The predicted molar refractivity (Wildman–Crippen MR) is 151 cm³/mol. The summed E-state index contributed by atoms with van der Waals surface area (Å²) in [6.45, 7) is 1.97. The van der Waals surface area contributed by atoms with Gasteiger partial charge in [0.25, 0.3) is 0 Å². The number of hydrogen-bond acceptors (Lipinski definition) is 5. The van der Waals surface area contributed by atoms with Crippen molar-refractivity contribution in [2.75, 3.05) is 19.1 Å². The van der Waals surface area contributed by atoms with Gasteiger partial charge in [-0.2, -0.15) is 0 Å². The van der Waals surface area contributed by atoms with E-state index in [-0.39, 0.29) is 17.4 Å². The molecule has 0 saturated carbocycles. The molecule has 0 radical (unpaired) electrons. The average molecular weight is 529 g/mol. The molecule has 7 heteroatoms. The molecular formula is C31H29ClN2O4. The largest absolute Gasteiger partial charge is 0.507 e. The van der Waals surface area contributed by atoms with Crippen LogP contribution in [0.4, 0.5) is 5.69 Å². The van der Waals surface area contributed by atoms with E-state index in [1.807, 2.05) is 49.4 Å². The highest BCUT2D eigenvalue weighted by Gasteiger charge is 2.44. The molecule has 0 unspecified atom stereocenters. The number of Topliss-reactive ketones (excluding diaryl/α,β-unsaturated/α-hetero) is 1. The highest BCUT2D eigenvalue weighted by molar-refractivity contribution is 6.30. The fraction of sp³-hybridized carbons (Fsp3) is 0.226. The Bertz CT molecular complexity index is 1470. The smallest absolute Gasteiger partial charge is 0.161 e. The molecule has 1 heterocycles. The van der Waals surface area contributed by atoms with Crippen molar-refractivity contribution in [2.24, 2.45) is 0 Å². The molecule has 5 rings (SSSR count). The zero-order chi connectivity index (χ0) is 27.0. The minimum atomic E-state index is -0.722. The van der Waals surface area contributed by atoms with E-state index >= 15 is 0 Å². The molecule has 0 fully saturated rings. The van der Waals surface area contributed by atoms with Crippen LogP contribution in [0.2, 0.25) is 5.02 Å². The second kappa shape index (κ2) is 10.4. The van der Waals surface area contributed by atoms with Crippen LogP contribution in [0, 0.1) is 12.3 Å². The van der Waals surface area contributed by atoms with Gasteiger partial charge in [0.05, 0.1) is 20.1 Å². The summed E-state index contributed by atoms with van der Waals surface area (Å²) in [5, 5.41) is 21.8. The minimum absolute atomic E-state index is 0.0122. The van der Waals surface area contributed by atoms with Crippen LogP contribution in [-0.2, 0) is 4.79 Å². The summed E-state index contributed by atoms with van der Waals surface area (Å²) < 4.78 is 11.2. The molecule has 0 bridgehead atoms.